The van der Waals surface area contributed by atoms with Gasteiger partial charge in [0.05, 0.1) is 6.20 Å². The summed E-state index contributed by atoms with van der Waals surface area (Å²) in [7, 11) is 0. The molecule has 1 aliphatic carbocycles. The number of halogens is 1. The lowest BCUT2D eigenvalue weighted by molar-refractivity contribution is 0.553. The molecule has 1 saturated carbocycles. The second-order valence-corrected chi connectivity index (χ2v) is 4.74. The van der Waals surface area contributed by atoms with Crippen molar-refractivity contribution in [3.63, 3.8) is 0 Å². The zero-order chi connectivity index (χ0) is 11.8. The number of rotatable bonds is 2. The van der Waals surface area contributed by atoms with Gasteiger partial charge in [0.15, 0.2) is 5.65 Å². The van der Waals surface area contributed by atoms with Crippen LogP contribution in [0.4, 0.5) is 10.3 Å². The topological polar surface area (TPSA) is 42.2 Å². The molecule has 2 heterocycles. The average molecular weight is 234 g/mol. The summed E-state index contributed by atoms with van der Waals surface area (Å²) in [6.45, 7) is 2.24. The summed E-state index contributed by atoms with van der Waals surface area (Å²) >= 11 is 0. The molecule has 0 aromatic carbocycles. The Bertz CT molecular complexity index is 536. The van der Waals surface area contributed by atoms with Crippen LogP contribution in [0.3, 0.4) is 0 Å². The first-order valence-corrected chi connectivity index (χ1v) is 6.01. The van der Waals surface area contributed by atoms with E-state index < -0.39 is 0 Å². The molecule has 1 fully saturated rings. The zero-order valence-electron chi connectivity index (χ0n) is 9.73. The van der Waals surface area contributed by atoms with Gasteiger partial charge in [-0.3, -0.25) is 0 Å². The van der Waals surface area contributed by atoms with Gasteiger partial charge in [-0.2, -0.15) is 4.98 Å². The fourth-order valence-corrected chi connectivity index (χ4v) is 2.44. The van der Waals surface area contributed by atoms with Gasteiger partial charge in [0.2, 0.25) is 5.95 Å². The van der Waals surface area contributed by atoms with Gasteiger partial charge < -0.3 is 5.32 Å². The van der Waals surface area contributed by atoms with Crippen molar-refractivity contribution < 1.29 is 4.39 Å². The van der Waals surface area contributed by atoms with Crippen LogP contribution in [0.5, 0.6) is 0 Å². The van der Waals surface area contributed by atoms with Gasteiger partial charge in [0.1, 0.15) is 5.82 Å². The lowest BCUT2D eigenvalue weighted by Crippen LogP contribution is -2.22. The number of pyridine rings is 1. The molecule has 0 spiro atoms. The minimum Gasteiger partial charge on any atom is -0.350 e. The van der Waals surface area contributed by atoms with Crippen molar-refractivity contribution in [1.82, 2.24) is 14.6 Å². The Labute approximate surface area is 98.9 Å². The summed E-state index contributed by atoms with van der Waals surface area (Å²) in [4.78, 5) is 4.33. The van der Waals surface area contributed by atoms with Crippen molar-refractivity contribution in [2.24, 2.45) is 5.92 Å². The molecule has 3 rings (SSSR count). The number of nitrogens with one attached hydrogen (secondary N) is 1. The number of hydrogen-bond donors (Lipinski definition) is 1. The van der Waals surface area contributed by atoms with E-state index in [9.17, 15) is 4.39 Å². The second kappa shape index (κ2) is 3.98. The van der Waals surface area contributed by atoms with Gasteiger partial charge >= 0.3 is 0 Å². The van der Waals surface area contributed by atoms with E-state index in [1.165, 1.54) is 29.6 Å². The van der Waals surface area contributed by atoms with Gasteiger partial charge in [0, 0.05) is 6.04 Å². The third kappa shape index (κ3) is 1.97. The van der Waals surface area contributed by atoms with Crippen molar-refractivity contribution in [1.29, 1.82) is 0 Å². The van der Waals surface area contributed by atoms with Crippen LogP contribution in [-0.4, -0.2) is 20.6 Å². The van der Waals surface area contributed by atoms with Crippen LogP contribution in [0.25, 0.3) is 5.65 Å². The first kappa shape index (κ1) is 10.5. The Balaban J connectivity index is 1.85. The third-order valence-electron chi connectivity index (χ3n) is 3.47. The molecule has 2 aromatic heterocycles. The van der Waals surface area contributed by atoms with Crippen LogP contribution in [-0.2, 0) is 0 Å². The highest BCUT2D eigenvalue weighted by Crippen LogP contribution is 2.27. The molecule has 4 nitrogen and oxygen atoms in total. The third-order valence-corrected chi connectivity index (χ3v) is 3.47. The minimum absolute atomic E-state index is 0.303. The first-order valence-electron chi connectivity index (χ1n) is 6.01. The van der Waals surface area contributed by atoms with Crippen LogP contribution >= 0.6 is 0 Å². The summed E-state index contributed by atoms with van der Waals surface area (Å²) in [5.74, 6) is 0.941. The molecule has 1 N–H and O–H groups in total. The molecule has 90 valence electrons. The van der Waals surface area contributed by atoms with Crippen LogP contribution in [0, 0.1) is 11.7 Å². The minimum atomic E-state index is -0.303. The maximum Gasteiger partial charge on any atom is 0.243 e. The highest BCUT2D eigenvalue weighted by molar-refractivity contribution is 5.43. The zero-order valence-corrected chi connectivity index (χ0v) is 9.73. The maximum atomic E-state index is 13.0. The van der Waals surface area contributed by atoms with Gasteiger partial charge in [-0.15, -0.1) is 5.10 Å². The standard InChI is InChI=1S/C12H15FN4/c1-8-3-2-4-10(8)14-12-15-11-6-5-9(13)7-17(11)16-12/h5-8,10H,2-4H2,1H3,(H,14,16). The number of nitrogens with zero attached hydrogens (tertiary/aromatic N) is 3. The number of hydrogen-bond acceptors (Lipinski definition) is 3. The summed E-state index contributed by atoms with van der Waals surface area (Å²) in [5, 5.41) is 7.56. The molecule has 2 atom stereocenters. The number of aromatic nitrogens is 3. The van der Waals surface area contributed by atoms with E-state index in [0.717, 1.165) is 6.42 Å². The van der Waals surface area contributed by atoms with E-state index >= 15 is 0 Å². The van der Waals surface area contributed by atoms with Gasteiger partial charge in [0.25, 0.3) is 0 Å². The fraction of sp³-hybridized carbons (Fsp3) is 0.500. The molecule has 5 heteroatoms. The lowest BCUT2D eigenvalue weighted by atomic mass is 10.1. The Morgan fingerprint density at radius 1 is 1.41 bits per heavy atom. The van der Waals surface area contributed by atoms with Crippen molar-refractivity contribution in [3.05, 3.63) is 24.1 Å². The van der Waals surface area contributed by atoms with Crippen molar-refractivity contribution in [2.75, 3.05) is 5.32 Å². The van der Waals surface area contributed by atoms with E-state index in [-0.39, 0.29) is 5.82 Å². The SMILES string of the molecule is CC1CCCC1Nc1nc2ccc(F)cn2n1. The van der Waals surface area contributed by atoms with E-state index in [1.54, 1.807) is 6.07 Å². The summed E-state index contributed by atoms with van der Waals surface area (Å²) in [6, 6.07) is 3.47. The Hall–Kier alpha value is -1.65. The molecule has 2 aromatic rings. The molecule has 0 saturated heterocycles. The van der Waals surface area contributed by atoms with Crippen LogP contribution in [0.15, 0.2) is 18.3 Å². The summed E-state index contributed by atoms with van der Waals surface area (Å²) in [6.07, 6.45) is 5.00. The van der Waals surface area contributed by atoms with E-state index in [1.807, 2.05) is 0 Å². The number of fused-ring (bicyclic) bond motifs is 1. The first-order chi connectivity index (χ1) is 8.22. The number of anilines is 1. The predicted octanol–water partition coefficient (Wildman–Crippen LogP) is 2.47. The molecule has 0 aliphatic heterocycles. The van der Waals surface area contributed by atoms with Gasteiger partial charge in [-0.05, 0) is 30.9 Å². The van der Waals surface area contributed by atoms with Crippen LogP contribution in [0.2, 0.25) is 0 Å². The van der Waals surface area contributed by atoms with E-state index in [4.69, 9.17) is 0 Å². The smallest absolute Gasteiger partial charge is 0.243 e. The van der Waals surface area contributed by atoms with Crippen LogP contribution < -0.4 is 5.32 Å². The molecule has 1 aliphatic rings. The fourth-order valence-electron chi connectivity index (χ4n) is 2.44. The lowest BCUT2D eigenvalue weighted by Gasteiger charge is -2.15. The average Bonchev–Trinajstić information content (AvgIpc) is 2.85. The Morgan fingerprint density at radius 2 is 2.29 bits per heavy atom. The quantitative estimate of drug-likeness (QED) is 0.868. The highest BCUT2D eigenvalue weighted by atomic mass is 19.1. The largest absolute Gasteiger partial charge is 0.350 e. The Morgan fingerprint density at radius 3 is 3.06 bits per heavy atom. The van der Waals surface area contributed by atoms with E-state index in [2.05, 4.69) is 22.3 Å². The predicted molar refractivity (Wildman–Crippen MR) is 63.4 cm³/mol. The molecule has 0 amide bonds. The summed E-state index contributed by atoms with van der Waals surface area (Å²) in [5.41, 5.74) is 0.666. The highest BCUT2D eigenvalue weighted by Gasteiger charge is 2.24. The molecular formula is C12H15FN4. The van der Waals surface area contributed by atoms with Gasteiger partial charge in [-0.25, -0.2) is 8.91 Å². The van der Waals surface area contributed by atoms with Crippen molar-refractivity contribution in [2.45, 2.75) is 32.2 Å². The molecule has 0 radical (unpaired) electrons. The molecule has 2 unspecified atom stereocenters. The van der Waals surface area contributed by atoms with Gasteiger partial charge in [-0.1, -0.05) is 13.3 Å². The normalized spacial score (nSPS) is 24.4. The molecule has 17 heavy (non-hydrogen) atoms. The molecule has 0 bridgehead atoms. The monoisotopic (exact) mass is 234 g/mol. The maximum absolute atomic E-state index is 13.0. The van der Waals surface area contributed by atoms with Crippen molar-refractivity contribution >= 4 is 11.6 Å². The van der Waals surface area contributed by atoms with Crippen LogP contribution in [0.1, 0.15) is 26.2 Å². The van der Waals surface area contributed by atoms with Crippen molar-refractivity contribution in [3.8, 4) is 0 Å². The molecular weight excluding hydrogens is 219 g/mol. The van der Waals surface area contributed by atoms with E-state index in [0.29, 0.717) is 23.6 Å². The second-order valence-electron chi connectivity index (χ2n) is 4.74. The Kier molecular flexibility index (Phi) is 2.46. The summed E-state index contributed by atoms with van der Waals surface area (Å²) < 4.78 is 14.5.